The summed E-state index contributed by atoms with van der Waals surface area (Å²) in [6.45, 7) is 4.18. The lowest BCUT2D eigenvalue weighted by molar-refractivity contribution is 0.0954. The quantitative estimate of drug-likeness (QED) is 0.246. The van der Waals surface area contributed by atoms with E-state index in [1.54, 1.807) is 31.3 Å². The molecule has 0 aliphatic carbocycles. The number of nitrogens with one attached hydrogen (secondary N) is 3. The van der Waals surface area contributed by atoms with Gasteiger partial charge in [0.05, 0.1) is 10.6 Å². The van der Waals surface area contributed by atoms with Gasteiger partial charge in [0, 0.05) is 26.7 Å². The Morgan fingerprint density at radius 3 is 2.39 bits per heavy atom. The summed E-state index contributed by atoms with van der Waals surface area (Å²) >= 11 is 5.98. The Hall–Kier alpha value is -1.02. The number of rotatable bonds is 8. The first-order chi connectivity index (χ1) is 10.7. The zero-order valence-electron chi connectivity index (χ0n) is 13.7. The largest absolute Gasteiger partial charge is 0.356 e. The Bertz CT molecular complexity index is 497. The molecule has 0 radical (unpaired) electrons. The minimum Gasteiger partial charge on any atom is -0.356 e. The second kappa shape index (κ2) is 13.4. The van der Waals surface area contributed by atoms with Gasteiger partial charge in [-0.15, -0.1) is 24.0 Å². The Labute approximate surface area is 160 Å². The lowest BCUT2D eigenvalue weighted by Crippen LogP contribution is -2.41. The molecule has 130 valence electrons. The van der Waals surface area contributed by atoms with E-state index in [1.165, 1.54) is 12.8 Å². The molecule has 0 spiro atoms. The van der Waals surface area contributed by atoms with Crippen LogP contribution in [-0.4, -0.2) is 38.5 Å². The average Bonchev–Trinajstić information content (AvgIpc) is 2.53. The number of amides is 1. The number of benzene rings is 1. The third-order valence-electron chi connectivity index (χ3n) is 3.12. The van der Waals surface area contributed by atoms with Crippen LogP contribution in [0.5, 0.6) is 0 Å². The first kappa shape index (κ1) is 22.0. The van der Waals surface area contributed by atoms with Crippen molar-refractivity contribution in [2.24, 2.45) is 4.99 Å². The van der Waals surface area contributed by atoms with Gasteiger partial charge in [-0.2, -0.15) is 0 Å². The van der Waals surface area contributed by atoms with Gasteiger partial charge in [0.25, 0.3) is 5.91 Å². The highest BCUT2D eigenvalue weighted by atomic mass is 127. The van der Waals surface area contributed by atoms with Crippen LogP contribution < -0.4 is 16.0 Å². The molecule has 0 aromatic heterocycles. The van der Waals surface area contributed by atoms with E-state index in [2.05, 4.69) is 27.9 Å². The van der Waals surface area contributed by atoms with E-state index in [0.717, 1.165) is 18.9 Å². The molecule has 1 rings (SSSR count). The zero-order valence-corrected chi connectivity index (χ0v) is 16.8. The number of carbonyl (C=O) groups excluding carboxylic acids is 1. The molecular formula is C16H26ClIN4O. The van der Waals surface area contributed by atoms with Crippen LogP contribution in [0.4, 0.5) is 0 Å². The highest BCUT2D eigenvalue weighted by Gasteiger charge is 2.08. The maximum Gasteiger partial charge on any atom is 0.252 e. The molecule has 0 aliphatic heterocycles. The topological polar surface area (TPSA) is 65.5 Å². The number of aliphatic imine (C=N–C) groups is 1. The van der Waals surface area contributed by atoms with Gasteiger partial charge in [-0.05, 0) is 18.6 Å². The fraction of sp³-hybridized carbons (Fsp3) is 0.500. The summed E-state index contributed by atoms with van der Waals surface area (Å²) in [7, 11) is 1.73. The zero-order chi connectivity index (χ0) is 16.2. The number of nitrogens with zero attached hydrogens (tertiary/aromatic N) is 1. The summed E-state index contributed by atoms with van der Waals surface area (Å²) in [6, 6.07) is 7.01. The number of hydrogen-bond acceptors (Lipinski definition) is 2. The van der Waals surface area contributed by atoms with E-state index in [0.29, 0.717) is 23.7 Å². The maximum atomic E-state index is 12.0. The normalized spacial score (nSPS) is 10.7. The van der Waals surface area contributed by atoms with Crippen LogP contribution in [0.1, 0.15) is 36.5 Å². The number of hydrogen-bond donors (Lipinski definition) is 3. The number of carbonyl (C=O) groups is 1. The molecule has 1 amide bonds. The van der Waals surface area contributed by atoms with Gasteiger partial charge in [-0.1, -0.05) is 43.5 Å². The van der Waals surface area contributed by atoms with Gasteiger partial charge in [0.1, 0.15) is 0 Å². The van der Waals surface area contributed by atoms with Crippen molar-refractivity contribution < 1.29 is 4.79 Å². The first-order valence-corrected chi connectivity index (χ1v) is 8.04. The smallest absolute Gasteiger partial charge is 0.252 e. The molecule has 0 heterocycles. The van der Waals surface area contributed by atoms with Crippen molar-refractivity contribution in [1.29, 1.82) is 0 Å². The van der Waals surface area contributed by atoms with E-state index in [9.17, 15) is 4.79 Å². The van der Waals surface area contributed by atoms with E-state index >= 15 is 0 Å². The van der Waals surface area contributed by atoms with Gasteiger partial charge in [-0.25, -0.2) is 0 Å². The molecule has 0 aliphatic rings. The molecule has 0 saturated heterocycles. The standard InChI is InChI=1S/C16H25ClN4O.HI/c1-3-4-7-10-20-16(18-2)21-12-11-19-15(22)13-8-5-6-9-14(13)17;/h5-6,8-9H,3-4,7,10-12H2,1-2H3,(H,19,22)(H2,18,20,21);1H. The Kier molecular flexibility index (Phi) is 12.8. The van der Waals surface area contributed by atoms with Crippen LogP contribution >= 0.6 is 35.6 Å². The van der Waals surface area contributed by atoms with Crippen molar-refractivity contribution >= 4 is 47.4 Å². The van der Waals surface area contributed by atoms with Gasteiger partial charge in [0.2, 0.25) is 0 Å². The SMILES string of the molecule is CCCCCNC(=NC)NCCNC(=O)c1ccccc1Cl.I. The molecule has 3 N–H and O–H groups in total. The second-order valence-electron chi connectivity index (χ2n) is 4.87. The number of guanidine groups is 1. The Balaban J connectivity index is 0.00000484. The fourth-order valence-corrected chi connectivity index (χ4v) is 2.12. The molecule has 0 saturated carbocycles. The van der Waals surface area contributed by atoms with E-state index < -0.39 is 0 Å². The maximum absolute atomic E-state index is 12.0. The van der Waals surface area contributed by atoms with Crippen LogP contribution in [0, 0.1) is 0 Å². The van der Waals surface area contributed by atoms with E-state index in [1.807, 2.05) is 0 Å². The van der Waals surface area contributed by atoms with Crippen LogP contribution in [0.3, 0.4) is 0 Å². The molecule has 0 unspecified atom stereocenters. The van der Waals surface area contributed by atoms with Crippen LogP contribution in [0.2, 0.25) is 5.02 Å². The van der Waals surface area contributed by atoms with Crippen LogP contribution in [0.25, 0.3) is 0 Å². The van der Waals surface area contributed by atoms with Gasteiger partial charge in [-0.3, -0.25) is 9.79 Å². The minimum absolute atomic E-state index is 0. The van der Waals surface area contributed by atoms with Crippen LogP contribution in [-0.2, 0) is 0 Å². The van der Waals surface area contributed by atoms with Gasteiger partial charge in [0.15, 0.2) is 5.96 Å². The second-order valence-corrected chi connectivity index (χ2v) is 5.28. The fourth-order valence-electron chi connectivity index (χ4n) is 1.90. The van der Waals surface area contributed by atoms with Crippen molar-refractivity contribution in [3.63, 3.8) is 0 Å². The lowest BCUT2D eigenvalue weighted by Gasteiger charge is -2.12. The van der Waals surface area contributed by atoms with E-state index in [4.69, 9.17) is 11.6 Å². The number of halogens is 2. The van der Waals surface area contributed by atoms with Crippen molar-refractivity contribution in [2.75, 3.05) is 26.7 Å². The lowest BCUT2D eigenvalue weighted by atomic mass is 10.2. The van der Waals surface area contributed by atoms with Crippen molar-refractivity contribution in [3.8, 4) is 0 Å². The molecule has 1 aromatic carbocycles. The van der Waals surface area contributed by atoms with Gasteiger partial charge >= 0.3 is 0 Å². The van der Waals surface area contributed by atoms with E-state index in [-0.39, 0.29) is 29.9 Å². The van der Waals surface area contributed by atoms with Crippen molar-refractivity contribution in [1.82, 2.24) is 16.0 Å². The molecule has 1 aromatic rings. The van der Waals surface area contributed by atoms with Gasteiger partial charge < -0.3 is 16.0 Å². The predicted molar refractivity (Wildman–Crippen MR) is 108 cm³/mol. The summed E-state index contributed by atoms with van der Waals surface area (Å²) < 4.78 is 0. The minimum atomic E-state index is -0.168. The number of unbranched alkanes of at least 4 members (excludes halogenated alkanes) is 2. The van der Waals surface area contributed by atoms with Crippen molar-refractivity contribution in [2.45, 2.75) is 26.2 Å². The first-order valence-electron chi connectivity index (χ1n) is 7.66. The van der Waals surface area contributed by atoms with Crippen LogP contribution in [0.15, 0.2) is 29.3 Å². The molecular weight excluding hydrogens is 427 g/mol. The average molecular weight is 453 g/mol. The third kappa shape index (κ3) is 9.00. The summed E-state index contributed by atoms with van der Waals surface area (Å²) in [5.41, 5.74) is 0.492. The third-order valence-corrected chi connectivity index (χ3v) is 3.45. The van der Waals surface area contributed by atoms with Crippen molar-refractivity contribution in [3.05, 3.63) is 34.9 Å². The molecule has 5 nitrogen and oxygen atoms in total. The summed E-state index contributed by atoms with van der Waals surface area (Å²) in [5.74, 6) is 0.585. The molecule has 0 atom stereocenters. The summed E-state index contributed by atoms with van der Waals surface area (Å²) in [4.78, 5) is 16.1. The molecule has 23 heavy (non-hydrogen) atoms. The Morgan fingerprint density at radius 1 is 1.09 bits per heavy atom. The molecule has 0 bridgehead atoms. The highest BCUT2D eigenvalue weighted by molar-refractivity contribution is 14.0. The summed E-state index contributed by atoms with van der Waals surface area (Å²) in [6.07, 6.45) is 3.53. The monoisotopic (exact) mass is 452 g/mol. The predicted octanol–water partition coefficient (Wildman–Crippen LogP) is 3.04. The molecule has 7 heteroatoms. The molecule has 0 fully saturated rings. The highest BCUT2D eigenvalue weighted by Crippen LogP contribution is 2.14. The summed E-state index contributed by atoms with van der Waals surface area (Å²) in [5, 5.41) is 9.68. The Morgan fingerprint density at radius 2 is 1.74 bits per heavy atom.